The lowest BCUT2D eigenvalue weighted by atomic mass is 10.1. The lowest BCUT2D eigenvalue weighted by Crippen LogP contribution is -2.27. The summed E-state index contributed by atoms with van der Waals surface area (Å²) in [7, 11) is 1.73. The Kier molecular flexibility index (Phi) is 5.01. The largest absolute Gasteiger partial charge is 0.390 e. The van der Waals surface area contributed by atoms with Crippen LogP contribution in [-0.4, -0.2) is 24.8 Å². The minimum absolute atomic E-state index is 0.124. The smallest absolute Gasteiger partial charge is 0.328 e. The fourth-order valence-electron chi connectivity index (χ4n) is 2.76. The van der Waals surface area contributed by atoms with Gasteiger partial charge in [-0.1, -0.05) is 23.2 Å². The molecule has 0 aliphatic rings. The highest BCUT2D eigenvalue weighted by molar-refractivity contribution is 6.39. The van der Waals surface area contributed by atoms with Crippen LogP contribution < -0.4 is 11.0 Å². The molecule has 2 N–H and O–H groups in total. The van der Waals surface area contributed by atoms with Crippen LogP contribution in [0.4, 0.5) is 11.4 Å². The van der Waals surface area contributed by atoms with Crippen LogP contribution in [0.15, 0.2) is 35.4 Å². The van der Waals surface area contributed by atoms with Crippen molar-refractivity contribution in [3.05, 3.63) is 51.1 Å². The van der Waals surface area contributed by atoms with Crippen LogP contribution in [0.25, 0.3) is 11.0 Å². The first-order chi connectivity index (χ1) is 12.2. The number of aliphatic hydroxyl groups is 1. The van der Waals surface area contributed by atoms with Crippen LogP contribution in [0.3, 0.4) is 0 Å². The number of aromatic nitrogens is 3. The number of benzene rings is 1. The molecule has 0 atom stereocenters. The Bertz CT molecular complexity index is 998. The molecule has 0 amide bonds. The summed E-state index contributed by atoms with van der Waals surface area (Å²) in [4.78, 5) is 16.5. The Morgan fingerprint density at radius 1 is 1.19 bits per heavy atom. The van der Waals surface area contributed by atoms with E-state index in [-0.39, 0.29) is 5.69 Å². The second kappa shape index (κ2) is 6.95. The fourth-order valence-corrected chi connectivity index (χ4v) is 3.22. The van der Waals surface area contributed by atoms with Crippen molar-refractivity contribution in [3.63, 3.8) is 0 Å². The zero-order chi connectivity index (χ0) is 19.1. The highest BCUT2D eigenvalue weighted by atomic mass is 35.5. The first-order valence-corrected chi connectivity index (χ1v) is 8.90. The maximum absolute atomic E-state index is 12.6. The Morgan fingerprint density at radius 3 is 2.46 bits per heavy atom. The zero-order valence-electron chi connectivity index (χ0n) is 14.8. The molecule has 3 rings (SSSR count). The molecule has 6 nitrogen and oxygen atoms in total. The summed E-state index contributed by atoms with van der Waals surface area (Å²) >= 11 is 12.3. The lowest BCUT2D eigenvalue weighted by molar-refractivity contribution is 0.0662. The molecule has 0 spiro atoms. The quantitative estimate of drug-likeness (QED) is 0.686. The molecular formula is C18H20Cl2N4O2. The van der Waals surface area contributed by atoms with Crippen LogP contribution in [0.5, 0.6) is 0 Å². The highest BCUT2D eigenvalue weighted by Gasteiger charge is 2.17. The van der Waals surface area contributed by atoms with Gasteiger partial charge < -0.3 is 10.4 Å². The first kappa shape index (κ1) is 18.8. The van der Waals surface area contributed by atoms with E-state index in [1.807, 2.05) is 18.2 Å². The van der Waals surface area contributed by atoms with E-state index in [9.17, 15) is 9.90 Å². The topological polar surface area (TPSA) is 72.1 Å². The van der Waals surface area contributed by atoms with Gasteiger partial charge in [0.1, 0.15) is 0 Å². The number of aryl methyl sites for hydroxylation is 2. The second-order valence-corrected chi connectivity index (χ2v) is 7.68. The van der Waals surface area contributed by atoms with Gasteiger partial charge in [0.15, 0.2) is 0 Å². The summed E-state index contributed by atoms with van der Waals surface area (Å²) < 4.78 is 3.25. The maximum atomic E-state index is 12.6. The predicted molar refractivity (Wildman–Crippen MR) is 106 cm³/mol. The van der Waals surface area contributed by atoms with Gasteiger partial charge in [0.2, 0.25) is 0 Å². The van der Waals surface area contributed by atoms with Gasteiger partial charge in [-0.2, -0.15) is 0 Å². The zero-order valence-corrected chi connectivity index (χ0v) is 16.3. The molecule has 0 saturated heterocycles. The number of nitrogens with one attached hydrogen (secondary N) is 1. The van der Waals surface area contributed by atoms with Gasteiger partial charge >= 0.3 is 5.69 Å². The Morgan fingerprint density at radius 2 is 1.85 bits per heavy atom. The van der Waals surface area contributed by atoms with E-state index in [4.69, 9.17) is 23.2 Å². The van der Waals surface area contributed by atoms with Crippen molar-refractivity contribution in [2.75, 3.05) is 5.32 Å². The Balaban J connectivity index is 2.03. The van der Waals surface area contributed by atoms with Crippen LogP contribution in [0.1, 0.15) is 20.3 Å². The minimum atomic E-state index is -0.852. The number of anilines is 2. The number of hydrogen-bond acceptors (Lipinski definition) is 4. The van der Waals surface area contributed by atoms with Crippen LogP contribution in [0.2, 0.25) is 10.0 Å². The van der Waals surface area contributed by atoms with E-state index in [0.29, 0.717) is 28.7 Å². The molecule has 26 heavy (non-hydrogen) atoms. The van der Waals surface area contributed by atoms with Gasteiger partial charge in [-0.3, -0.25) is 14.1 Å². The van der Waals surface area contributed by atoms with Gasteiger partial charge in [0.25, 0.3) is 0 Å². The number of nitrogens with zero attached hydrogens (tertiary/aromatic N) is 3. The van der Waals surface area contributed by atoms with E-state index in [1.165, 1.54) is 12.4 Å². The molecule has 0 fully saturated rings. The van der Waals surface area contributed by atoms with E-state index in [2.05, 4.69) is 10.3 Å². The number of hydrogen-bond donors (Lipinski definition) is 2. The van der Waals surface area contributed by atoms with Gasteiger partial charge in [0, 0.05) is 31.7 Å². The van der Waals surface area contributed by atoms with Crippen LogP contribution >= 0.6 is 23.2 Å². The Labute approximate surface area is 161 Å². The monoisotopic (exact) mass is 394 g/mol. The average Bonchev–Trinajstić information content (AvgIpc) is 2.79. The van der Waals surface area contributed by atoms with Crippen molar-refractivity contribution in [1.82, 2.24) is 14.1 Å². The summed E-state index contributed by atoms with van der Waals surface area (Å²) in [6, 6.07) is 5.59. The summed E-state index contributed by atoms with van der Waals surface area (Å²) in [5.41, 5.74) is 1.91. The third-order valence-corrected chi connectivity index (χ3v) is 4.79. The van der Waals surface area contributed by atoms with Crippen molar-refractivity contribution in [2.45, 2.75) is 32.4 Å². The number of halogens is 2. The third-order valence-electron chi connectivity index (χ3n) is 4.22. The van der Waals surface area contributed by atoms with Crippen molar-refractivity contribution >= 4 is 45.6 Å². The number of imidazole rings is 1. The minimum Gasteiger partial charge on any atom is -0.390 e. The van der Waals surface area contributed by atoms with Gasteiger partial charge in [-0.25, -0.2) is 4.79 Å². The van der Waals surface area contributed by atoms with E-state index in [1.54, 1.807) is 30.0 Å². The van der Waals surface area contributed by atoms with Gasteiger partial charge in [0.05, 0.1) is 32.4 Å². The molecule has 0 radical (unpaired) electrons. The van der Waals surface area contributed by atoms with Crippen LogP contribution in [0, 0.1) is 0 Å². The number of fused-ring (bicyclic) bond motifs is 1. The van der Waals surface area contributed by atoms with Crippen LogP contribution in [-0.2, 0) is 13.6 Å². The normalized spacial score (nSPS) is 11.9. The molecule has 3 aromatic rings. The predicted octanol–water partition coefficient (Wildman–Crippen LogP) is 3.95. The molecule has 2 heterocycles. The summed E-state index contributed by atoms with van der Waals surface area (Å²) in [5, 5.41) is 14.0. The van der Waals surface area contributed by atoms with Gasteiger partial charge in [-0.15, -0.1) is 0 Å². The van der Waals surface area contributed by atoms with Crippen molar-refractivity contribution in [2.24, 2.45) is 7.05 Å². The number of rotatable bonds is 5. The van der Waals surface area contributed by atoms with E-state index < -0.39 is 5.60 Å². The Hall–Kier alpha value is -2.02. The third kappa shape index (κ3) is 3.72. The summed E-state index contributed by atoms with van der Waals surface area (Å²) in [6.45, 7) is 3.87. The molecule has 0 saturated carbocycles. The molecular weight excluding hydrogens is 375 g/mol. The maximum Gasteiger partial charge on any atom is 0.328 e. The molecule has 1 aromatic carbocycles. The summed E-state index contributed by atoms with van der Waals surface area (Å²) in [5.74, 6) is 0. The lowest BCUT2D eigenvalue weighted by Gasteiger charge is -2.17. The van der Waals surface area contributed by atoms with E-state index >= 15 is 0 Å². The highest BCUT2D eigenvalue weighted by Crippen LogP contribution is 2.32. The van der Waals surface area contributed by atoms with Crippen molar-refractivity contribution < 1.29 is 5.11 Å². The van der Waals surface area contributed by atoms with Crippen molar-refractivity contribution in [1.29, 1.82) is 0 Å². The molecule has 138 valence electrons. The molecule has 0 unspecified atom stereocenters. The molecule has 0 bridgehead atoms. The SMILES string of the molecule is Cn1c(=O)n(CCC(C)(C)O)c2cc(Nc3c(Cl)cncc3Cl)ccc21. The van der Waals surface area contributed by atoms with Crippen molar-refractivity contribution in [3.8, 4) is 0 Å². The molecule has 8 heteroatoms. The fraction of sp³-hybridized carbons (Fsp3) is 0.333. The van der Waals surface area contributed by atoms with E-state index in [0.717, 1.165) is 16.7 Å². The number of pyridine rings is 1. The average molecular weight is 395 g/mol. The first-order valence-electron chi connectivity index (χ1n) is 8.15. The standard InChI is InChI=1S/C18H20Cl2N4O2/c1-18(2,26)6-7-24-15-8-11(4-5-14(15)23(3)17(24)25)22-16-12(19)9-21-10-13(16)20/h4-5,8-10,26H,6-7H2,1-3H3,(H,21,22). The molecule has 0 aliphatic heterocycles. The summed E-state index contributed by atoms with van der Waals surface area (Å²) in [6.07, 6.45) is 3.48. The van der Waals surface area contributed by atoms with Gasteiger partial charge in [-0.05, 0) is 38.5 Å². The molecule has 2 aromatic heterocycles. The molecule has 0 aliphatic carbocycles. The second-order valence-electron chi connectivity index (χ2n) is 6.86.